The second kappa shape index (κ2) is 9.02. The SMILES string of the molecule is COc1ccc(OC)c(N2C(=O)/C(=C\c3cc([N+](=O)[O-])ccc3N(C)C)C(=O)NC2=S)c1. The number of hydrogen-bond donors (Lipinski definition) is 1. The molecule has 0 saturated carbocycles. The Bertz CT molecular complexity index is 1160. The number of nitro benzene ring substituents is 1. The van der Waals surface area contributed by atoms with Gasteiger partial charge < -0.3 is 14.4 Å². The van der Waals surface area contributed by atoms with Crippen molar-refractivity contribution >= 4 is 52.3 Å². The van der Waals surface area contributed by atoms with Crippen LogP contribution in [0, 0.1) is 10.1 Å². The highest BCUT2D eigenvalue weighted by Gasteiger charge is 2.36. The molecule has 32 heavy (non-hydrogen) atoms. The molecule has 1 heterocycles. The summed E-state index contributed by atoms with van der Waals surface area (Å²) in [6.07, 6.45) is 1.31. The first-order chi connectivity index (χ1) is 15.2. The van der Waals surface area contributed by atoms with Gasteiger partial charge in [-0.2, -0.15) is 0 Å². The number of non-ortho nitro benzene ring substituents is 1. The molecule has 166 valence electrons. The van der Waals surface area contributed by atoms with Crippen molar-refractivity contribution in [3.8, 4) is 11.5 Å². The number of benzene rings is 2. The molecule has 0 aliphatic carbocycles. The maximum absolute atomic E-state index is 13.4. The molecule has 0 bridgehead atoms. The van der Waals surface area contributed by atoms with E-state index in [0.717, 1.165) is 4.90 Å². The van der Waals surface area contributed by atoms with Gasteiger partial charge in [0, 0.05) is 43.5 Å². The summed E-state index contributed by atoms with van der Waals surface area (Å²) in [5.41, 5.74) is 0.773. The van der Waals surface area contributed by atoms with Crippen LogP contribution in [-0.4, -0.2) is 50.2 Å². The van der Waals surface area contributed by atoms with Crippen LogP contribution in [0.4, 0.5) is 17.1 Å². The summed E-state index contributed by atoms with van der Waals surface area (Å²) in [4.78, 5) is 39.6. The second-order valence-corrected chi connectivity index (χ2v) is 7.28. The first kappa shape index (κ1) is 22.7. The Kier molecular flexibility index (Phi) is 6.40. The van der Waals surface area contributed by atoms with E-state index in [2.05, 4.69) is 5.32 Å². The van der Waals surface area contributed by atoms with Gasteiger partial charge in [-0.05, 0) is 36.5 Å². The second-order valence-electron chi connectivity index (χ2n) is 6.89. The van der Waals surface area contributed by atoms with Crippen molar-refractivity contribution in [2.24, 2.45) is 0 Å². The first-order valence-electron chi connectivity index (χ1n) is 9.27. The van der Waals surface area contributed by atoms with Crippen molar-refractivity contribution < 1.29 is 24.0 Å². The lowest BCUT2D eigenvalue weighted by atomic mass is 10.0. The number of hydrogen-bond acceptors (Lipinski definition) is 8. The summed E-state index contributed by atoms with van der Waals surface area (Å²) in [6.45, 7) is 0. The monoisotopic (exact) mass is 456 g/mol. The number of anilines is 2. The van der Waals surface area contributed by atoms with Crippen LogP contribution in [-0.2, 0) is 9.59 Å². The molecule has 1 aliphatic rings. The summed E-state index contributed by atoms with van der Waals surface area (Å²) in [5, 5.41) is 13.6. The van der Waals surface area contributed by atoms with E-state index in [1.165, 1.54) is 32.4 Å². The summed E-state index contributed by atoms with van der Waals surface area (Å²) < 4.78 is 10.6. The maximum Gasteiger partial charge on any atom is 0.270 e. The van der Waals surface area contributed by atoms with Gasteiger partial charge in [0.2, 0.25) is 0 Å². The zero-order valence-electron chi connectivity index (χ0n) is 17.7. The van der Waals surface area contributed by atoms with E-state index in [1.807, 2.05) is 0 Å². The van der Waals surface area contributed by atoms with Crippen molar-refractivity contribution in [3.63, 3.8) is 0 Å². The van der Waals surface area contributed by atoms with Gasteiger partial charge in [-0.1, -0.05) is 0 Å². The smallest absolute Gasteiger partial charge is 0.270 e. The standard InChI is InChI=1S/C21H20N4O6S/c1-23(2)16-7-5-13(25(28)29)9-12(16)10-15-19(26)22-21(32)24(20(15)27)17-11-14(30-3)6-8-18(17)31-4/h5-11H,1-4H3,(H,22,26,32)/b15-10-. The highest BCUT2D eigenvalue weighted by atomic mass is 32.1. The molecule has 0 unspecified atom stereocenters. The average Bonchev–Trinajstić information content (AvgIpc) is 2.76. The Balaban J connectivity index is 2.16. The third-order valence-electron chi connectivity index (χ3n) is 4.73. The molecule has 1 saturated heterocycles. The summed E-state index contributed by atoms with van der Waals surface area (Å²) in [6, 6.07) is 9.01. The lowest BCUT2D eigenvalue weighted by Gasteiger charge is -2.30. The third-order valence-corrected chi connectivity index (χ3v) is 5.02. The Labute approximate surface area is 189 Å². The number of nitro groups is 1. The third kappa shape index (κ3) is 4.23. The lowest BCUT2D eigenvalue weighted by molar-refractivity contribution is -0.384. The molecule has 0 radical (unpaired) electrons. The van der Waals surface area contributed by atoms with E-state index < -0.39 is 16.7 Å². The maximum atomic E-state index is 13.4. The topological polar surface area (TPSA) is 114 Å². The normalized spacial score (nSPS) is 14.9. The van der Waals surface area contributed by atoms with Crippen LogP contribution in [0.3, 0.4) is 0 Å². The quantitative estimate of drug-likeness (QED) is 0.232. The molecule has 1 aliphatic heterocycles. The van der Waals surface area contributed by atoms with Gasteiger partial charge in [0.1, 0.15) is 17.1 Å². The van der Waals surface area contributed by atoms with E-state index in [9.17, 15) is 19.7 Å². The van der Waals surface area contributed by atoms with Crippen molar-refractivity contribution in [2.75, 3.05) is 38.1 Å². The van der Waals surface area contributed by atoms with E-state index in [1.54, 1.807) is 43.3 Å². The largest absolute Gasteiger partial charge is 0.497 e. The molecule has 1 fully saturated rings. The minimum absolute atomic E-state index is 0.129. The molecule has 0 spiro atoms. The number of rotatable bonds is 6. The summed E-state index contributed by atoms with van der Waals surface area (Å²) in [5.74, 6) is -0.635. The molecule has 1 N–H and O–H groups in total. The molecular weight excluding hydrogens is 436 g/mol. The fourth-order valence-corrected chi connectivity index (χ4v) is 3.46. The van der Waals surface area contributed by atoms with Crippen LogP contribution < -0.4 is 24.6 Å². The highest BCUT2D eigenvalue weighted by molar-refractivity contribution is 7.80. The number of carbonyl (C=O) groups excluding carboxylic acids is 2. The van der Waals surface area contributed by atoms with Gasteiger partial charge in [-0.15, -0.1) is 0 Å². The Morgan fingerprint density at radius 2 is 1.84 bits per heavy atom. The van der Waals surface area contributed by atoms with Crippen molar-refractivity contribution in [3.05, 3.63) is 57.6 Å². The van der Waals surface area contributed by atoms with E-state index in [-0.39, 0.29) is 22.1 Å². The van der Waals surface area contributed by atoms with Gasteiger partial charge in [0.15, 0.2) is 5.11 Å². The Hall–Kier alpha value is -3.99. The van der Waals surface area contributed by atoms with Crippen LogP contribution in [0.2, 0.25) is 0 Å². The zero-order valence-corrected chi connectivity index (χ0v) is 18.6. The van der Waals surface area contributed by atoms with Crippen LogP contribution >= 0.6 is 12.2 Å². The number of nitrogens with one attached hydrogen (secondary N) is 1. The molecule has 2 aromatic rings. The van der Waals surface area contributed by atoms with Crippen LogP contribution in [0.15, 0.2) is 42.0 Å². The van der Waals surface area contributed by atoms with Crippen LogP contribution in [0.5, 0.6) is 11.5 Å². The number of methoxy groups -OCH3 is 2. The van der Waals surface area contributed by atoms with Crippen molar-refractivity contribution in [2.45, 2.75) is 0 Å². The van der Waals surface area contributed by atoms with Gasteiger partial charge in [-0.25, -0.2) is 4.90 Å². The molecule has 11 heteroatoms. The number of amides is 2. The average molecular weight is 456 g/mol. The molecule has 0 aromatic heterocycles. The fourth-order valence-electron chi connectivity index (χ4n) is 3.18. The van der Waals surface area contributed by atoms with Gasteiger partial charge in [0.05, 0.1) is 24.8 Å². The zero-order chi connectivity index (χ0) is 23.6. The summed E-state index contributed by atoms with van der Waals surface area (Å²) >= 11 is 5.24. The van der Waals surface area contributed by atoms with Crippen LogP contribution in [0.25, 0.3) is 6.08 Å². The van der Waals surface area contributed by atoms with E-state index in [4.69, 9.17) is 21.7 Å². The lowest BCUT2D eigenvalue weighted by Crippen LogP contribution is -2.54. The predicted molar refractivity (Wildman–Crippen MR) is 123 cm³/mol. The molecule has 2 amide bonds. The van der Waals surface area contributed by atoms with E-state index in [0.29, 0.717) is 22.7 Å². The van der Waals surface area contributed by atoms with Crippen molar-refractivity contribution in [1.82, 2.24) is 5.32 Å². The van der Waals surface area contributed by atoms with Crippen molar-refractivity contribution in [1.29, 1.82) is 0 Å². The van der Waals surface area contributed by atoms with Crippen LogP contribution in [0.1, 0.15) is 5.56 Å². The highest BCUT2D eigenvalue weighted by Crippen LogP contribution is 2.35. The molecule has 3 rings (SSSR count). The van der Waals surface area contributed by atoms with Gasteiger partial charge >= 0.3 is 0 Å². The molecule has 2 aromatic carbocycles. The molecule has 0 atom stereocenters. The minimum atomic E-state index is -0.714. The predicted octanol–water partition coefficient (Wildman–Crippen LogP) is 2.51. The van der Waals surface area contributed by atoms with Gasteiger partial charge in [0.25, 0.3) is 17.5 Å². The fraction of sp³-hybridized carbons (Fsp3) is 0.190. The number of thiocarbonyl (C=S) groups is 1. The van der Waals surface area contributed by atoms with E-state index >= 15 is 0 Å². The Morgan fingerprint density at radius 3 is 2.44 bits per heavy atom. The first-order valence-corrected chi connectivity index (χ1v) is 9.68. The van der Waals surface area contributed by atoms with Gasteiger partial charge in [-0.3, -0.25) is 25.0 Å². The molecular formula is C21H20N4O6S. The minimum Gasteiger partial charge on any atom is -0.497 e. The number of ether oxygens (including phenoxy) is 2. The number of carbonyl (C=O) groups is 2. The Morgan fingerprint density at radius 1 is 1.12 bits per heavy atom. The molecule has 10 nitrogen and oxygen atoms in total. The number of nitrogens with zero attached hydrogens (tertiary/aromatic N) is 3. The summed E-state index contributed by atoms with van der Waals surface area (Å²) in [7, 11) is 6.40.